The number of carbonyl (C=O) groups is 1. The van der Waals surface area contributed by atoms with Crippen molar-refractivity contribution in [2.45, 2.75) is 6.92 Å². The van der Waals surface area contributed by atoms with Crippen molar-refractivity contribution in [3.63, 3.8) is 0 Å². The molecule has 0 aliphatic heterocycles. The fourth-order valence-corrected chi connectivity index (χ4v) is 1.31. The molecule has 0 unspecified atom stereocenters. The fraction of sp³-hybridized carbons (Fsp3) is 0.182. The quantitative estimate of drug-likeness (QED) is 0.611. The van der Waals surface area contributed by atoms with Gasteiger partial charge in [0.2, 0.25) is 5.83 Å². The maximum absolute atomic E-state index is 13.2. The molecule has 0 atom stereocenters. The van der Waals surface area contributed by atoms with Crippen molar-refractivity contribution < 1.29 is 13.9 Å². The standard InChI is InChI=1S/C11H9Cl2FO2/c1-2-16-11(15)10(14)6-7-3-4-8(12)9(13)5-7/h3-6H,2H2,1H3. The summed E-state index contributed by atoms with van der Waals surface area (Å²) >= 11 is 11.4. The summed E-state index contributed by atoms with van der Waals surface area (Å²) in [5.41, 5.74) is 0.444. The van der Waals surface area contributed by atoms with Gasteiger partial charge in [-0.3, -0.25) is 0 Å². The maximum Gasteiger partial charge on any atom is 0.367 e. The summed E-state index contributed by atoms with van der Waals surface area (Å²) in [5, 5.41) is 0.669. The molecule has 0 aliphatic rings. The normalized spacial score (nSPS) is 11.4. The molecule has 0 spiro atoms. The highest BCUT2D eigenvalue weighted by Gasteiger charge is 2.09. The highest BCUT2D eigenvalue weighted by Crippen LogP contribution is 2.23. The lowest BCUT2D eigenvalue weighted by atomic mass is 10.2. The van der Waals surface area contributed by atoms with Crippen LogP contribution in [-0.2, 0) is 9.53 Å². The van der Waals surface area contributed by atoms with Crippen LogP contribution in [-0.4, -0.2) is 12.6 Å². The average Bonchev–Trinajstić information content (AvgIpc) is 2.24. The van der Waals surface area contributed by atoms with Gasteiger partial charge in [0, 0.05) is 0 Å². The minimum Gasteiger partial charge on any atom is -0.461 e. The molecule has 0 bridgehead atoms. The number of carbonyl (C=O) groups excluding carboxylic acids is 1. The third-order valence-corrected chi connectivity index (χ3v) is 2.45. The Kier molecular flexibility index (Phi) is 4.77. The van der Waals surface area contributed by atoms with Gasteiger partial charge in [-0.05, 0) is 30.7 Å². The first-order chi connectivity index (χ1) is 7.54. The van der Waals surface area contributed by atoms with Crippen molar-refractivity contribution in [1.82, 2.24) is 0 Å². The zero-order chi connectivity index (χ0) is 12.1. The van der Waals surface area contributed by atoms with Crippen LogP contribution < -0.4 is 0 Å². The molecule has 0 amide bonds. The van der Waals surface area contributed by atoms with E-state index in [9.17, 15) is 9.18 Å². The molecule has 5 heteroatoms. The van der Waals surface area contributed by atoms with E-state index in [1.807, 2.05) is 0 Å². The molecule has 0 N–H and O–H groups in total. The molecule has 0 heterocycles. The number of rotatable bonds is 3. The van der Waals surface area contributed by atoms with Crippen LogP contribution in [0.5, 0.6) is 0 Å². The van der Waals surface area contributed by atoms with Crippen molar-refractivity contribution >= 4 is 35.2 Å². The molecule has 0 saturated heterocycles. The lowest BCUT2D eigenvalue weighted by Crippen LogP contribution is -2.03. The third kappa shape index (κ3) is 3.51. The SMILES string of the molecule is CCOC(=O)C(F)=Cc1ccc(Cl)c(Cl)c1. The van der Waals surface area contributed by atoms with E-state index >= 15 is 0 Å². The van der Waals surface area contributed by atoms with Crippen molar-refractivity contribution in [3.05, 3.63) is 39.6 Å². The van der Waals surface area contributed by atoms with Gasteiger partial charge in [0.25, 0.3) is 0 Å². The number of ether oxygens (including phenoxy) is 1. The van der Waals surface area contributed by atoms with Crippen LogP contribution >= 0.6 is 23.2 Å². The summed E-state index contributed by atoms with van der Waals surface area (Å²) in [4.78, 5) is 11.0. The first kappa shape index (κ1) is 13.0. The van der Waals surface area contributed by atoms with E-state index in [1.54, 1.807) is 13.0 Å². The van der Waals surface area contributed by atoms with Crippen molar-refractivity contribution in [3.8, 4) is 0 Å². The van der Waals surface area contributed by atoms with Crippen molar-refractivity contribution in [1.29, 1.82) is 0 Å². The number of benzene rings is 1. The van der Waals surface area contributed by atoms with Gasteiger partial charge in [-0.2, -0.15) is 4.39 Å². The Balaban J connectivity index is 2.89. The molecule has 0 fully saturated rings. The Morgan fingerprint density at radius 2 is 2.12 bits per heavy atom. The van der Waals surface area contributed by atoms with Crippen molar-refractivity contribution in [2.75, 3.05) is 6.61 Å². The third-order valence-electron chi connectivity index (χ3n) is 1.71. The van der Waals surface area contributed by atoms with E-state index in [0.29, 0.717) is 15.6 Å². The van der Waals surface area contributed by atoms with Gasteiger partial charge in [-0.1, -0.05) is 29.3 Å². The monoisotopic (exact) mass is 262 g/mol. The van der Waals surface area contributed by atoms with Crippen LogP contribution in [0, 0.1) is 0 Å². The molecule has 16 heavy (non-hydrogen) atoms. The van der Waals surface area contributed by atoms with E-state index in [2.05, 4.69) is 4.74 Å². The molecular weight excluding hydrogens is 254 g/mol. The zero-order valence-electron chi connectivity index (χ0n) is 8.47. The zero-order valence-corrected chi connectivity index (χ0v) is 9.98. The Hall–Kier alpha value is -1.06. The van der Waals surface area contributed by atoms with E-state index in [0.717, 1.165) is 6.08 Å². The van der Waals surface area contributed by atoms with Crippen LogP contribution in [0.2, 0.25) is 10.0 Å². The van der Waals surface area contributed by atoms with E-state index < -0.39 is 11.8 Å². The first-order valence-electron chi connectivity index (χ1n) is 4.54. The number of hydrogen-bond donors (Lipinski definition) is 0. The van der Waals surface area contributed by atoms with Gasteiger partial charge in [0.1, 0.15) is 0 Å². The van der Waals surface area contributed by atoms with Gasteiger partial charge in [0.15, 0.2) is 0 Å². The van der Waals surface area contributed by atoms with Gasteiger partial charge >= 0.3 is 5.97 Å². The summed E-state index contributed by atoms with van der Waals surface area (Å²) in [6, 6.07) is 4.53. The van der Waals surface area contributed by atoms with Crippen LogP contribution in [0.1, 0.15) is 12.5 Å². The largest absolute Gasteiger partial charge is 0.461 e. The van der Waals surface area contributed by atoms with E-state index in [1.165, 1.54) is 12.1 Å². The second-order valence-electron chi connectivity index (χ2n) is 2.89. The van der Waals surface area contributed by atoms with Crippen LogP contribution in [0.15, 0.2) is 24.0 Å². The maximum atomic E-state index is 13.2. The predicted molar refractivity (Wildman–Crippen MR) is 62.2 cm³/mol. The van der Waals surface area contributed by atoms with Crippen LogP contribution in [0.25, 0.3) is 6.08 Å². The first-order valence-corrected chi connectivity index (χ1v) is 5.29. The Morgan fingerprint density at radius 1 is 1.44 bits per heavy atom. The second kappa shape index (κ2) is 5.87. The van der Waals surface area contributed by atoms with Gasteiger partial charge < -0.3 is 4.74 Å². The summed E-state index contributed by atoms with van der Waals surface area (Å²) in [6.07, 6.45) is 1.04. The summed E-state index contributed by atoms with van der Waals surface area (Å²) in [6.45, 7) is 1.73. The number of halogens is 3. The fourth-order valence-electron chi connectivity index (χ4n) is 1.01. The Labute approximate surface area is 103 Å². The van der Waals surface area contributed by atoms with Crippen molar-refractivity contribution in [2.24, 2.45) is 0 Å². The predicted octanol–water partition coefficient (Wildman–Crippen LogP) is 3.87. The summed E-state index contributed by atoms with van der Waals surface area (Å²) in [7, 11) is 0. The molecule has 1 rings (SSSR count). The molecule has 0 saturated carbocycles. The second-order valence-corrected chi connectivity index (χ2v) is 3.70. The lowest BCUT2D eigenvalue weighted by molar-refractivity contribution is -0.140. The molecule has 0 aromatic heterocycles. The molecule has 86 valence electrons. The smallest absolute Gasteiger partial charge is 0.367 e. The molecule has 1 aromatic carbocycles. The van der Waals surface area contributed by atoms with Crippen LogP contribution in [0.4, 0.5) is 4.39 Å². The summed E-state index contributed by atoms with van der Waals surface area (Å²) in [5.74, 6) is -1.96. The topological polar surface area (TPSA) is 26.3 Å². The van der Waals surface area contributed by atoms with Crippen LogP contribution in [0.3, 0.4) is 0 Å². The molecule has 0 radical (unpaired) electrons. The lowest BCUT2D eigenvalue weighted by Gasteiger charge is -2.00. The minimum absolute atomic E-state index is 0.126. The number of hydrogen-bond acceptors (Lipinski definition) is 2. The molecule has 0 aliphatic carbocycles. The molecular formula is C11H9Cl2FO2. The van der Waals surface area contributed by atoms with E-state index in [4.69, 9.17) is 23.2 Å². The van der Waals surface area contributed by atoms with Gasteiger partial charge in [-0.25, -0.2) is 4.79 Å². The van der Waals surface area contributed by atoms with Gasteiger partial charge in [0.05, 0.1) is 16.7 Å². The van der Waals surface area contributed by atoms with E-state index in [-0.39, 0.29) is 6.61 Å². The summed E-state index contributed by atoms with van der Waals surface area (Å²) < 4.78 is 17.7. The highest BCUT2D eigenvalue weighted by molar-refractivity contribution is 6.42. The Bertz CT molecular complexity index is 430. The molecule has 1 aromatic rings. The van der Waals surface area contributed by atoms with Gasteiger partial charge in [-0.15, -0.1) is 0 Å². The minimum atomic E-state index is -0.992. The Morgan fingerprint density at radius 3 is 2.69 bits per heavy atom. The highest BCUT2D eigenvalue weighted by atomic mass is 35.5. The molecule has 2 nitrogen and oxygen atoms in total. The average molecular weight is 263 g/mol. The number of esters is 1.